The lowest BCUT2D eigenvalue weighted by Gasteiger charge is -2.16. The van der Waals surface area contributed by atoms with Gasteiger partial charge in [0.2, 0.25) is 0 Å². The molecule has 1 aromatic rings. The Hall–Kier alpha value is -0.880. The van der Waals surface area contributed by atoms with Crippen molar-refractivity contribution < 1.29 is 13.5 Å². The molecule has 0 aromatic carbocycles. The number of aromatic nitrogens is 2. The molecule has 0 radical (unpaired) electrons. The Morgan fingerprint density at radius 1 is 1.37 bits per heavy atom. The van der Waals surface area contributed by atoms with Gasteiger partial charge in [0, 0.05) is 18.9 Å². The summed E-state index contributed by atoms with van der Waals surface area (Å²) in [6.07, 6.45) is 4.38. The summed E-state index contributed by atoms with van der Waals surface area (Å²) in [4.78, 5) is 0. The fourth-order valence-corrected chi connectivity index (χ4v) is 2.68. The van der Waals surface area contributed by atoms with E-state index in [1.807, 2.05) is 16.9 Å². The number of hydrogen-bond donors (Lipinski definition) is 1. The molecule has 1 N–H and O–H groups in total. The molecule has 0 saturated carbocycles. The minimum Gasteiger partial charge on any atom is -0.391 e. The van der Waals surface area contributed by atoms with E-state index in [0.29, 0.717) is 6.04 Å². The van der Waals surface area contributed by atoms with Crippen LogP contribution < -0.4 is 0 Å². The maximum atomic E-state index is 11.4. The standard InChI is InChI=1S/C13H24N2O3S/c1-5-12(6-2)15-8-7-11(14-15)9-13(16)10(3)19(4,17)18/h7-8,10,12-13,16H,5-6,9H2,1-4H3. The Morgan fingerprint density at radius 3 is 2.42 bits per heavy atom. The Balaban J connectivity index is 2.73. The fourth-order valence-electron chi connectivity index (χ4n) is 2.02. The zero-order valence-corrected chi connectivity index (χ0v) is 12.9. The second kappa shape index (κ2) is 6.52. The monoisotopic (exact) mass is 288 g/mol. The zero-order chi connectivity index (χ0) is 14.6. The normalized spacial score (nSPS) is 15.7. The van der Waals surface area contributed by atoms with Crippen LogP contribution in [0.15, 0.2) is 12.3 Å². The summed E-state index contributed by atoms with van der Waals surface area (Å²) >= 11 is 0. The summed E-state index contributed by atoms with van der Waals surface area (Å²) in [6, 6.07) is 2.20. The third-order valence-electron chi connectivity index (χ3n) is 3.62. The molecule has 5 nitrogen and oxygen atoms in total. The van der Waals surface area contributed by atoms with Crippen LogP contribution in [0.5, 0.6) is 0 Å². The molecule has 0 amide bonds. The highest BCUT2D eigenvalue weighted by atomic mass is 32.2. The number of sulfone groups is 1. The third-order valence-corrected chi connectivity index (χ3v) is 5.28. The molecule has 0 saturated heterocycles. The summed E-state index contributed by atoms with van der Waals surface area (Å²) in [6.45, 7) is 5.74. The summed E-state index contributed by atoms with van der Waals surface area (Å²) in [5, 5.41) is 13.6. The maximum absolute atomic E-state index is 11.4. The predicted molar refractivity (Wildman–Crippen MR) is 75.9 cm³/mol. The number of aliphatic hydroxyl groups excluding tert-OH is 1. The van der Waals surface area contributed by atoms with Gasteiger partial charge in [-0.15, -0.1) is 0 Å². The molecule has 0 fully saturated rings. The summed E-state index contributed by atoms with van der Waals surface area (Å²) in [7, 11) is -3.23. The van der Waals surface area contributed by atoms with Crippen molar-refractivity contribution >= 4 is 9.84 Å². The van der Waals surface area contributed by atoms with Gasteiger partial charge in [-0.3, -0.25) is 4.68 Å². The molecule has 0 aliphatic carbocycles. The highest BCUT2D eigenvalue weighted by molar-refractivity contribution is 7.91. The molecular weight excluding hydrogens is 264 g/mol. The van der Waals surface area contributed by atoms with E-state index in [0.717, 1.165) is 24.8 Å². The molecule has 0 aliphatic heterocycles. The fraction of sp³-hybridized carbons (Fsp3) is 0.769. The van der Waals surface area contributed by atoms with Crippen molar-refractivity contribution in [2.75, 3.05) is 6.26 Å². The van der Waals surface area contributed by atoms with Crippen molar-refractivity contribution in [3.63, 3.8) is 0 Å². The van der Waals surface area contributed by atoms with Crippen molar-refractivity contribution in [1.82, 2.24) is 9.78 Å². The minimum absolute atomic E-state index is 0.265. The van der Waals surface area contributed by atoms with Crippen LogP contribution in [0.25, 0.3) is 0 Å². The molecule has 2 unspecified atom stereocenters. The van der Waals surface area contributed by atoms with Gasteiger partial charge in [-0.1, -0.05) is 13.8 Å². The van der Waals surface area contributed by atoms with Crippen molar-refractivity contribution in [2.24, 2.45) is 0 Å². The van der Waals surface area contributed by atoms with E-state index in [-0.39, 0.29) is 6.42 Å². The van der Waals surface area contributed by atoms with Gasteiger partial charge in [-0.05, 0) is 25.8 Å². The molecule has 0 aliphatic rings. The minimum atomic E-state index is -3.23. The lowest BCUT2D eigenvalue weighted by molar-refractivity contribution is 0.171. The van der Waals surface area contributed by atoms with Crippen molar-refractivity contribution in [2.45, 2.75) is 57.4 Å². The van der Waals surface area contributed by atoms with Gasteiger partial charge in [0.05, 0.1) is 23.1 Å². The third kappa shape index (κ3) is 4.31. The zero-order valence-electron chi connectivity index (χ0n) is 12.1. The largest absolute Gasteiger partial charge is 0.391 e. The highest BCUT2D eigenvalue weighted by Gasteiger charge is 2.25. The van der Waals surface area contributed by atoms with E-state index < -0.39 is 21.2 Å². The van der Waals surface area contributed by atoms with E-state index >= 15 is 0 Å². The quantitative estimate of drug-likeness (QED) is 0.827. The van der Waals surface area contributed by atoms with Crippen molar-refractivity contribution in [3.8, 4) is 0 Å². The Kier molecular flexibility index (Phi) is 5.55. The highest BCUT2D eigenvalue weighted by Crippen LogP contribution is 2.16. The SMILES string of the molecule is CCC(CC)n1ccc(CC(O)C(C)S(C)(=O)=O)n1. The van der Waals surface area contributed by atoms with Crippen LogP contribution >= 0.6 is 0 Å². The Morgan fingerprint density at radius 2 is 1.95 bits per heavy atom. The summed E-state index contributed by atoms with van der Waals surface area (Å²) < 4.78 is 24.7. The molecular formula is C13H24N2O3S. The van der Waals surface area contributed by atoms with Gasteiger partial charge >= 0.3 is 0 Å². The first-order valence-electron chi connectivity index (χ1n) is 6.70. The number of aliphatic hydroxyl groups is 1. The smallest absolute Gasteiger partial charge is 0.152 e. The maximum Gasteiger partial charge on any atom is 0.152 e. The van der Waals surface area contributed by atoms with Gasteiger partial charge in [0.1, 0.15) is 0 Å². The van der Waals surface area contributed by atoms with Gasteiger partial charge in [-0.25, -0.2) is 8.42 Å². The second-order valence-electron chi connectivity index (χ2n) is 5.06. The number of hydrogen-bond acceptors (Lipinski definition) is 4. The van der Waals surface area contributed by atoms with Crippen LogP contribution in [-0.2, 0) is 16.3 Å². The van der Waals surface area contributed by atoms with Crippen LogP contribution in [-0.4, -0.2) is 40.9 Å². The van der Waals surface area contributed by atoms with Crippen LogP contribution in [0.4, 0.5) is 0 Å². The molecule has 0 spiro atoms. The molecule has 110 valence electrons. The second-order valence-corrected chi connectivity index (χ2v) is 7.47. The lowest BCUT2D eigenvalue weighted by atomic mass is 10.1. The average Bonchev–Trinajstić information content (AvgIpc) is 2.77. The van der Waals surface area contributed by atoms with Crippen molar-refractivity contribution in [1.29, 1.82) is 0 Å². The molecule has 1 rings (SSSR count). The average molecular weight is 288 g/mol. The van der Waals surface area contributed by atoms with Crippen molar-refractivity contribution in [3.05, 3.63) is 18.0 Å². The topological polar surface area (TPSA) is 72.2 Å². The molecule has 2 atom stereocenters. The molecule has 0 bridgehead atoms. The first kappa shape index (κ1) is 16.2. The van der Waals surface area contributed by atoms with Gasteiger partial charge in [-0.2, -0.15) is 5.10 Å². The first-order valence-corrected chi connectivity index (χ1v) is 8.66. The van der Waals surface area contributed by atoms with Gasteiger partial charge < -0.3 is 5.11 Å². The Bertz CT molecular complexity index is 492. The molecule has 1 heterocycles. The van der Waals surface area contributed by atoms with Gasteiger partial charge in [0.15, 0.2) is 9.84 Å². The van der Waals surface area contributed by atoms with E-state index in [9.17, 15) is 13.5 Å². The molecule has 1 aromatic heterocycles. The predicted octanol–water partition coefficient (Wildman–Crippen LogP) is 1.58. The Labute approximate surface area is 115 Å². The summed E-state index contributed by atoms with van der Waals surface area (Å²) in [5.41, 5.74) is 0.731. The van der Waals surface area contributed by atoms with E-state index in [2.05, 4.69) is 18.9 Å². The van der Waals surface area contributed by atoms with Crippen LogP contribution in [0, 0.1) is 0 Å². The molecule has 19 heavy (non-hydrogen) atoms. The lowest BCUT2D eigenvalue weighted by Crippen LogP contribution is -2.32. The summed E-state index contributed by atoms with van der Waals surface area (Å²) in [5.74, 6) is 0. The van der Waals surface area contributed by atoms with Gasteiger partial charge in [0.25, 0.3) is 0 Å². The first-order chi connectivity index (χ1) is 8.79. The van der Waals surface area contributed by atoms with E-state index in [1.165, 1.54) is 6.92 Å². The van der Waals surface area contributed by atoms with Crippen LogP contribution in [0.3, 0.4) is 0 Å². The number of nitrogens with zero attached hydrogens (tertiary/aromatic N) is 2. The van der Waals surface area contributed by atoms with E-state index in [4.69, 9.17) is 0 Å². The molecule has 6 heteroatoms. The number of rotatable bonds is 7. The van der Waals surface area contributed by atoms with Crippen LogP contribution in [0.2, 0.25) is 0 Å². The van der Waals surface area contributed by atoms with Crippen LogP contribution in [0.1, 0.15) is 45.3 Å². The van der Waals surface area contributed by atoms with E-state index in [1.54, 1.807) is 0 Å².